The first kappa shape index (κ1) is 9.28. The minimum atomic E-state index is 0.697. The zero-order chi connectivity index (χ0) is 9.97. The van der Waals surface area contributed by atoms with E-state index in [1.807, 2.05) is 24.3 Å². The fourth-order valence-corrected chi connectivity index (χ4v) is 1.71. The second kappa shape index (κ2) is 3.84. The molecule has 2 aromatic rings. The molecule has 3 heteroatoms. The molecule has 1 heterocycles. The van der Waals surface area contributed by atoms with Crippen molar-refractivity contribution in [2.24, 2.45) is 0 Å². The van der Waals surface area contributed by atoms with Gasteiger partial charge < -0.3 is 5.32 Å². The lowest BCUT2D eigenvalue weighted by atomic mass is 10.2. The minimum Gasteiger partial charge on any atom is -0.385 e. The first-order valence-electron chi connectivity index (χ1n) is 4.60. The summed E-state index contributed by atoms with van der Waals surface area (Å²) in [6, 6.07) is 7.77. The molecule has 0 bridgehead atoms. The molecule has 2 nitrogen and oxygen atoms in total. The van der Waals surface area contributed by atoms with Gasteiger partial charge in [0.25, 0.3) is 0 Å². The predicted molar refractivity (Wildman–Crippen MR) is 60.9 cm³/mol. The predicted octanol–water partition coefficient (Wildman–Crippen LogP) is 3.32. The van der Waals surface area contributed by atoms with Crippen LogP contribution in [0.1, 0.15) is 6.92 Å². The van der Waals surface area contributed by atoms with Crippen LogP contribution < -0.4 is 5.32 Å². The molecule has 0 aliphatic rings. The second-order valence-corrected chi connectivity index (χ2v) is 3.43. The Morgan fingerprint density at radius 2 is 2.21 bits per heavy atom. The van der Waals surface area contributed by atoms with Gasteiger partial charge in [0.15, 0.2) is 0 Å². The number of aromatic nitrogens is 1. The summed E-state index contributed by atoms with van der Waals surface area (Å²) in [5, 5.41) is 5.05. The van der Waals surface area contributed by atoms with Crippen molar-refractivity contribution in [1.82, 2.24) is 4.98 Å². The summed E-state index contributed by atoms with van der Waals surface area (Å²) in [5.74, 6) is 0. The van der Waals surface area contributed by atoms with Crippen LogP contribution in [-0.4, -0.2) is 11.5 Å². The van der Waals surface area contributed by atoms with Crippen LogP contribution in [0.25, 0.3) is 10.9 Å². The smallest absolute Gasteiger partial charge is 0.0908 e. The van der Waals surface area contributed by atoms with Crippen LogP contribution >= 0.6 is 11.6 Å². The molecule has 0 spiro atoms. The summed E-state index contributed by atoms with van der Waals surface area (Å²) >= 11 is 6.04. The van der Waals surface area contributed by atoms with Crippen molar-refractivity contribution < 1.29 is 0 Å². The van der Waals surface area contributed by atoms with E-state index < -0.39 is 0 Å². The number of halogens is 1. The van der Waals surface area contributed by atoms with E-state index in [1.54, 1.807) is 6.20 Å². The lowest BCUT2D eigenvalue weighted by molar-refractivity contribution is 1.21. The number of para-hydroxylation sites is 1. The van der Waals surface area contributed by atoms with E-state index in [2.05, 4.69) is 17.2 Å². The monoisotopic (exact) mass is 206 g/mol. The van der Waals surface area contributed by atoms with Crippen LogP contribution in [0.5, 0.6) is 0 Å². The fraction of sp³-hybridized carbons (Fsp3) is 0.182. The van der Waals surface area contributed by atoms with E-state index in [-0.39, 0.29) is 0 Å². The molecule has 0 fully saturated rings. The van der Waals surface area contributed by atoms with Gasteiger partial charge in [-0.2, -0.15) is 0 Å². The van der Waals surface area contributed by atoms with Crippen molar-refractivity contribution in [3.05, 3.63) is 35.5 Å². The van der Waals surface area contributed by atoms with E-state index in [1.165, 1.54) is 0 Å². The lowest BCUT2D eigenvalue weighted by Crippen LogP contribution is -1.97. The van der Waals surface area contributed by atoms with Crippen molar-refractivity contribution in [3.63, 3.8) is 0 Å². The largest absolute Gasteiger partial charge is 0.385 e. The molecule has 0 unspecified atom stereocenters. The molecule has 0 amide bonds. The standard InChI is InChI=1S/C11H11ClN2/c1-2-13-10-6-7-14-11-8(10)4-3-5-9(11)12/h3-7H,2H2,1H3,(H,13,14). The fourth-order valence-electron chi connectivity index (χ4n) is 1.48. The van der Waals surface area contributed by atoms with Crippen LogP contribution in [0.15, 0.2) is 30.5 Å². The highest BCUT2D eigenvalue weighted by Crippen LogP contribution is 2.26. The number of fused-ring (bicyclic) bond motifs is 1. The number of hydrogen-bond donors (Lipinski definition) is 1. The molecule has 1 aromatic carbocycles. The Kier molecular flexibility index (Phi) is 2.55. The Hall–Kier alpha value is -1.28. The topological polar surface area (TPSA) is 24.9 Å². The third-order valence-corrected chi connectivity index (χ3v) is 2.39. The lowest BCUT2D eigenvalue weighted by Gasteiger charge is -2.07. The Morgan fingerprint density at radius 3 is 3.00 bits per heavy atom. The Morgan fingerprint density at radius 1 is 1.36 bits per heavy atom. The summed E-state index contributed by atoms with van der Waals surface area (Å²) in [7, 11) is 0. The number of rotatable bonds is 2. The third kappa shape index (κ3) is 1.53. The van der Waals surface area contributed by atoms with E-state index in [4.69, 9.17) is 11.6 Å². The van der Waals surface area contributed by atoms with Gasteiger partial charge in [0.05, 0.1) is 10.5 Å². The van der Waals surface area contributed by atoms with Gasteiger partial charge in [0.2, 0.25) is 0 Å². The molecule has 14 heavy (non-hydrogen) atoms. The molecule has 0 saturated carbocycles. The van der Waals surface area contributed by atoms with E-state index in [0.717, 1.165) is 23.1 Å². The van der Waals surface area contributed by atoms with Crippen LogP contribution in [0.4, 0.5) is 5.69 Å². The van der Waals surface area contributed by atoms with Crippen LogP contribution in [0.2, 0.25) is 5.02 Å². The SMILES string of the molecule is CCNc1ccnc2c(Cl)cccc12. The minimum absolute atomic E-state index is 0.697. The summed E-state index contributed by atoms with van der Waals surface area (Å²) < 4.78 is 0. The maximum Gasteiger partial charge on any atom is 0.0908 e. The first-order valence-corrected chi connectivity index (χ1v) is 4.98. The molecule has 0 aliphatic carbocycles. The van der Waals surface area contributed by atoms with Crippen LogP contribution in [0, 0.1) is 0 Å². The maximum absolute atomic E-state index is 6.04. The van der Waals surface area contributed by atoms with E-state index >= 15 is 0 Å². The number of pyridine rings is 1. The highest BCUT2D eigenvalue weighted by Gasteiger charge is 2.02. The van der Waals surface area contributed by atoms with Gasteiger partial charge in [-0.25, -0.2) is 0 Å². The average molecular weight is 207 g/mol. The molecule has 72 valence electrons. The van der Waals surface area contributed by atoms with Crippen LogP contribution in [0.3, 0.4) is 0 Å². The van der Waals surface area contributed by atoms with Crippen molar-refractivity contribution in [2.75, 3.05) is 11.9 Å². The number of benzene rings is 1. The summed E-state index contributed by atoms with van der Waals surface area (Å²) in [5.41, 5.74) is 1.94. The second-order valence-electron chi connectivity index (χ2n) is 3.02. The van der Waals surface area contributed by atoms with Crippen molar-refractivity contribution >= 4 is 28.2 Å². The molecule has 0 aliphatic heterocycles. The average Bonchev–Trinajstić information content (AvgIpc) is 2.20. The zero-order valence-corrected chi connectivity index (χ0v) is 8.67. The van der Waals surface area contributed by atoms with Gasteiger partial charge in [-0.15, -0.1) is 0 Å². The van der Waals surface area contributed by atoms with Crippen molar-refractivity contribution in [1.29, 1.82) is 0 Å². The summed E-state index contributed by atoms with van der Waals surface area (Å²) in [6.45, 7) is 2.96. The number of nitrogens with one attached hydrogen (secondary N) is 1. The van der Waals surface area contributed by atoms with Gasteiger partial charge in [-0.3, -0.25) is 4.98 Å². The highest BCUT2D eigenvalue weighted by atomic mass is 35.5. The molecule has 0 saturated heterocycles. The molecule has 2 rings (SSSR count). The number of nitrogens with zero attached hydrogens (tertiary/aromatic N) is 1. The van der Waals surface area contributed by atoms with Gasteiger partial charge in [-0.05, 0) is 19.1 Å². The Labute approximate surface area is 87.9 Å². The van der Waals surface area contributed by atoms with Crippen molar-refractivity contribution in [3.8, 4) is 0 Å². The van der Waals surface area contributed by atoms with Gasteiger partial charge in [-0.1, -0.05) is 23.7 Å². The van der Waals surface area contributed by atoms with Gasteiger partial charge in [0.1, 0.15) is 0 Å². The van der Waals surface area contributed by atoms with E-state index in [9.17, 15) is 0 Å². The Balaban J connectivity index is 2.68. The quantitative estimate of drug-likeness (QED) is 0.816. The van der Waals surface area contributed by atoms with Gasteiger partial charge in [0, 0.05) is 23.8 Å². The highest BCUT2D eigenvalue weighted by molar-refractivity contribution is 6.35. The van der Waals surface area contributed by atoms with Crippen molar-refractivity contribution in [2.45, 2.75) is 6.92 Å². The molecular weight excluding hydrogens is 196 g/mol. The zero-order valence-electron chi connectivity index (χ0n) is 7.92. The molecule has 0 atom stereocenters. The molecule has 1 N–H and O–H groups in total. The molecule has 0 radical (unpaired) electrons. The third-order valence-electron chi connectivity index (χ3n) is 2.09. The molecule has 1 aromatic heterocycles. The van der Waals surface area contributed by atoms with E-state index in [0.29, 0.717) is 5.02 Å². The number of hydrogen-bond acceptors (Lipinski definition) is 2. The maximum atomic E-state index is 6.04. The Bertz CT molecular complexity index is 454. The normalized spacial score (nSPS) is 10.4. The molecular formula is C11H11ClN2. The first-order chi connectivity index (χ1) is 6.83. The summed E-state index contributed by atoms with van der Waals surface area (Å²) in [4.78, 5) is 4.25. The van der Waals surface area contributed by atoms with Crippen LogP contribution in [-0.2, 0) is 0 Å². The van der Waals surface area contributed by atoms with Gasteiger partial charge >= 0.3 is 0 Å². The number of anilines is 1. The summed E-state index contributed by atoms with van der Waals surface area (Å²) in [6.07, 6.45) is 1.77.